The summed E-state index contributed by atoms with van der Waals surface area (Å²) in [6.07, 6.45) is 0.877. The second-order valence-electron chi connectivity index (χ2n) is 6.87. The molecule has 1 aromatic carbocycles. The van der Waals surface area contributed by atoms with Crippen LogP contribution in [-0.4, -0.2) is 33.4 Å². The fourth-order valence-corrected chi connectivity index (χ4v) is 4.19. The van der Waals surface area contributed by atoms with Crippen molar-refractivity contribution in [3.8, 4) is 10.8 Å². The molecular formula is C21H20N2O4S. The van der Waals surface area contributed by atoms with Gasteiger partial charge in [-0.25, -0.2) is 4.98 Å². The molecule has 0 spiro atoms. The maximum absolute atomic E-state index is 12.9. The van der Waals surface area contributed by atoms with Gasteiger partial charge in [-0.2, -0.15) is 0 Å². The number of carboxylic acid groups (broad SMARTS) is 1. The molecule has 0 saturated carbocycles. The minimum absolute atomic E-state index is 0.0232. The topological polar surface area (TPSA) is 83.6 Å². The average molecular weight is 396 g/mol. The third-order valence-corrected chi connectivity index (χ3v) is 5.87. The molecule has 0 radical (unpaired) electrons. The lowest BCUT2D eigenvalue weighted by atomic mass is 9.93. The van der Waals surface area contributed by atoms with E-state index in [4.69, 9.17) is 9.52 Å². The molecule has 144 valence electrons. The Morgan fingerprint density at radius 1 is 1.25 bits per heavy atom. The van der Waals surface area contributed by atoms with Crippen molar-refractivity contribution in [3.05, 3.63) is 63.9 Å². The minimum atomic E-state index is -0.865. The van der Waals surface area contributed by atoms with Crippen molar-refractivity contribution in [2.24, 2.45) is 0 Å². The number of carboxylic acids is 1. The fourth-order valence-electron chi connectivity index (χ4n) is 3.54. The first-order chi connectivity index (χ1) is 13.5. The van der Waals surface area contributed by atoms with E-state index in [1.54, 1.807) is 16.2 Å². The van der Waals surface area contributed by atoms with Gasteiger partial charge < -0.3 is 14.4 Å². The van der Waals surface area contributed by atoms with Gasteiger partial charge >= 0.3 is 5.97 Å². The van der Waals surface area contributed by atoms with E-state index in [9.17, 15) is 9.59 Å². The zero-order valence-electron chi connectivity index (χ0n) is 15.5. The molecule has 0 unspecified atom stereocenters. The van der Waals surface area contributed by atoms with Gasteiger partial charge in [-0.3, -0.25) is 9.59 Å². The number of aryl methyl sites for hydroxylation is 1. The Morgan fingerprint density at radius 2 is 2.11 bits per heavy atom. The first-order valence-electron chi connectivity index (χ1n) is 9.10. The molecule has 0 atom stereocenters. The molecule has 0 bridgehead atoms. The molecule has 1 aliphatic rings. The molecule has 3 aromatic rings. The van der Waals surface area contributed by atoms with Crippen LogP contribution >= 0.6 is 11.3 Å². The number of hydrogen-bond acceptors (Lipinski definition) is 5. The molecule has 2 aromatic heterocycles. The highest BCUT2D eigenvalue weighted by Crippen LogP contribution is 2.27. The molecule has 0 fully saturated rings. The molecule has 7 heteroatoms. The number of oxazole rings is 1. The van der Waals surface area contributed by atoms with Gasteiger partial charge in [0.25, 0.3) is 0 Å². The van der Waals surface area contributed by atoms with E-state index < -0.39 is 5.97 Å². The normalized spacial score (nSPS) is 13.4. The second kappa shape index (κ2) is 7.59. The predicted octanol–water partition coefficient (Wildman–Crippen LogP) is 3.47. The molecule has 6 nitrogen and oxygen atoms in total. The molecule has 1 aliphatic heterocycles. The number of carbonyl (C=O) groups is 2. The molecular weight excluding hydrogens is 376 g/mol. The summed E-state index contributed by atoms with van der Waals surface area (Å²) in [5, 5.41) is 11.1. The van der Waals surface area contributed by atoms with Crippen molar-refractivity contribution < 1.29 is 19.1 Å². The van der Waals surface area contributed by atoms with E-state index in [2.05, 4.69) is 4.98 Å². The summed E-state index contributed by atoms with van der Waals surface area (Å²) in [4.78, 5) is 31.3. The van der Waals surface area contributed by atoms with E-state index in [1.165, 1.54) is 0 Å². The molecule has 4 rings (SSSR count). The predicted molar refractivity (Wildman–Crippen MR) is 105 cm³/mol. The van der Waals surface area contributed by atoms with Crippen LogP contribution in [0.3, 0.4) is 0 Å². The first kappa shape index (κ1) is 18.4. The lowest BCUT2D eigenvalue weighted by Gasteiger charge is -2.30. The molecule has 1 N–H and O–H groups in total. The van der Waals surface area contributed by atoms with E-state index in [0.29, 0.717) is 30.4 Å². The Labute approximate surface area is 166 Å². The number of nitrogens with zero attached hydrogens (tertiary/aromatic N) is 2. The fraction of sp³-hybridized carbons (Fsp3) is 0.286. The van der Waals surface area contributed by atoms with Crippen LogP contribution in [0.5, 0.6) is 0 Å². The van der Waals surface area contributed by atoms with Crippen molar-refractivity contribution in [3.63, 3.8) is 0 Å². The SMILES string of the molecule is Cc1oc(-c2cccs2)nc1CC(=O)N1CCc2cccc(CC(=O)O)c2C1. The third kappa shape index (κ3) is 3.71. The maximum atomic E-state index is 12.9. The molecule has 1 amide bonds. The zero-order chi connectivity index (χ0) is 19.7. The van der Waals surface area contributed by atoms with Crippen molar-refractivity contribution in [2.45, 2.75) is 32.7 Å². The highest BCUT2D eigenvalue weighted by molar-refractivity contribution is 7.13. The highest BCUT2D eigenvalue weighted by atomic mass is 32.1. The number of benzene rings is 1. The van der Waals surface area contributed by atoms with Gasteiger partial charge in [-0.15, -0.1) is 11.3 Å². The summed E-state index contributed by atoms with van der Waals surface area (Å²) in [5.41, 5.74) is 3.51. The van der Waals surface area contributed by atoms with Gasteiger partial charge in [-0.05, 0) is 41.5 Å². The van der Waals surface area contributed by atoms with Crippen LogP contribution in [0.2, 0.25) is 0 Å². The summed E-state index contributed by atoms with van der Waals surface area (Å²) >= 11 is 1.54. The van der Waals surface area contributed by atoms with Crippen LogP contribution in [0.1, 0.15) is 28.1 Å². The lowest BCUT2D eigenvalue weighted by Crippen LogP contribution is -2.37. The number of rotatable bonds is 5. The smallest absolute Gasteiger partial charge is 0.307 e. The minimum Gasteiger partial charge on any atom is -0.481 e. The Morgan fingerprint density at radius 3 is 2.86 bits per heavy atom. The van der Waals surface area contributed by atoms with Gasteiger partial charge in [0, 0.05) is 13.1 Å². The van der Waals surface area contributed by atoms with Crippen LogP contribution in [0.4, 0.5) is 0 Å². The summed E-state index contributed by atoms with van der Waals surface area (Å²) in [5.74, 6) is 0.310. The standard InChI is InChI=1S/C21H20N2O4S/c1-13-17(22-21(27-13)18-6-3-9-28-18)11-19(24)23-8-7-14-4-2-5-15(10-20(25)26)16(14)12-23/h2-6,9H,7-8,10-12H2,1H3,(H,25,26). The quantitative estimate of drug-likeness (QED) is 0.714. The Balaban J connectivity index is 1.51. The molecule has 0 saturated heterocycles. The summed E-state index contributed by atoms with van der Waals surface area (Å²) < 4.78 is 5.73. The zero-order valence-corrected chi connectivity index (χ0v) is 16.3. The molecule has 3 heterocycles. The van der Waals surface area contributed by atoms with Crippen molar-refractivity contribution >= 4 is 23.2 Å². The Kier molecular flexibility index (Phi) is 5.00. The van der Waals surface area contributed by atoms with Gasteiger partial charge in [0.15, 0.2) is 0 Å². The van der Waals surface area contributed by atoms with Crippen molar-refractivity contribution in [1.29, 1.82) is 0 Å². The number of aromatic nitrogens is 1. The number of hydrogen-bond donors (Lipinski definition) is 1. The van der Waals surface area contributed by atoms with Crippen molar-refractivity contribution in [2.75, 3.05) is 6.54 Å². The van der Waals surface area contributed by atoms with Crippen LogP contribution < -0.4 is 0 Å². The number of amides is 1. The van der Waals surface area contributed by atoms with Gasteiger partial charge in [0.05, 0.1) is 23.4 Å². The van der Waals surface area contributed by atoms with Crippen LogP contribution in [0.15, 0.2) is 40.1 Å². The van der Waals surface area contributed by atoms with Gasteiger partial charge in [0.1, 0.15) is 5.76 Å². The third-order valence-electron chi connectivity index (χ3n) is 5.01. The monoisotopic (exact) mass is 396 g/mol. The van der Waals surface area contributed by atoms with E-state index in [-0.39, 0.29) is 18.7 Å². The second-order valence-corrected chi connectivity index (χ2v) is 7.81. The number of carbonyl (C=O) groups excluding carboxylic acids is 1. The summed E-state index contributed by atoms with van der Waals surface area (Å²) in [6, 6.07) is 9.60. The summed E-state index contributed by atoms with van der Waals surface area (Å²) in [7, 11) is 0. The largest absolute Gasteiger partial charge is 0.481 e. The van der Waals surface area contributed by atoms with E-state index in [0.717, 1.165) is 28.0 Å². The van der Waals surface area contributed by atoms with Crippen LogP contribution in [0, 0.1) is 6.92 Å². The number of aliphatic carboxylic acids is 1. The van der Waals surface area contributed by atoms with Crippen LogP contribution in [-0.2, 0) is 35.4 Å². The Hall–Kier alpha value is -2.93. The molecule has 0 aliphatic carbocycles. The van der Waals surface area contributed by atoms with Crippen LogP contribution in [0.25, 0.3) is 10.8 Å². The van der Waals surface area contributed by atoms with Crippen molar-refractivity contribution in [1.82, 2.24) is 9.88 Å². The average Bonchev–Trinajstić information content (AvgIpc) is 3.31. The van der Waals surface area contributed by atoms with Gasteiger partial charge in [0.2, 0.25) is 11.8 Å². The van der Waals surface area contributed by atoms with E-state index >= 15 is 0 Å². The van der Waals surface area contributed by atoms with Gasteiger partial charge in [-0.1, -0.05) is 24.3 Å². The summed E-state index contributed by atoms with van der Waals surface area (Å²) in [6.45, 7) is 2.88. The van der Waals surface area contributed by atoms with E-state index in [1.807, 2.05) is 42.6 Å². The highest BCUT2D eigenvalue weighted by Gasteiger charge is 2.25. The number of fused-ring (bicyclic) bond motifs is 1. The Bertz CT molecular complexity index is 1020. The number of thiophene rings is 1. The lowest BCUT2D eigenvalue weighted by molar-refractivity contribution is -0.136. The molecule has 28 heavy (non-hydrogen) atoms. The maximum Gasteiger partial charge on any atom is 0.307 e. The first-order valence-corrected chi connectivity index (χ1v) is 9.98.